The first-order chi connectivity index (χ1) is 13.9. The molecule has 3 rings (SSSR count). The van der Waals surface area contributed by atoms with E-state index >= 15 is 0 Å². The average Bonchev–Trinajstić information content (AvgIpc) is 3.25. The lowest BCUT2D eigenvalue weighted by molar-refractivity contribution is -0.384. The predicted molar refractivity (Wildman–Crippen MR) is 112 cm³/mol. The second-order valence-electron chi connectivity index (χ2n) is 7.52. The van der Waals surface area contributed by atoms with Crippen LogP contribution in [0.3, 0.4) is 0 Å². The number of non-ortho nitro benzene ring substituents is 1. The number of nitrogens with one attached hydrogen (secondary N) is 1. The zero-order chi connectivity index (χ0) is 20.8. The van der Waals surface area contributed by atoms with Crippen LogP contribution in [-0.4, -0.2) is 30.0 Å². The number of amides is 1. The van der Waals surface area contributed by atoms with Gasteiger partial charge in [-0.2, -0.15) is 0 Å². The van der Waals surface area contributed by atoms with Crippen LogP contribution in [0.15, 0.2) is 42.5 Å². The van der Waals surface area contributed by atoms with Crippen LogP contribution in [-0.2, 0) is 17.9 Å². The summed E-state index contributed by atoms with van der Waals surface area (Å²) < 4.78 is 5.63. The first kappa shape index (κ1) is 20.8. The molecule has 0 aliphatic carbocycles. The minimum absolute atomic E-state index is 0.0778. The third-order valence-corrected chi connectivity index (χ3v) is 4.91. The number of nitrogens with zero attached hydrogens (tertiary/aromatic N) is 2. The van der Waals surface area contributed by atoms with Crippen LogP contribution in [0.5, 0.6) is 0 Å². The molecule has 0 aromatic heterocycles. The van der Waals surface area contributed by atoms with Gasteiger partial charge in [-0.1, -0.05) is 24.3 Å². The largest absolute Gasteiger partial charge is 0.374 e. The molecule has 154 valence electrons. The van der Waals surface area contributed by atoms with Gasteiger partial charge in [0.1, 0.15) is 0 Å². The molecule has 0 unspecified atom stereocenters. The Morgan fingerprint density at radius 3 is 2.59 bits per heavy atom. The summed E-state index contributed by atoms with van der Waals surface area (Å²) in [5.74, 6) is -0.306. The van der Waals surface area contributed by atoms with Crippen molar-refractivity contribution in [3.63, 3.8) is 0 Å². The third-order valence-electron chi connectivity index (χ3n) is 4.91. The molecule has 1 aliphatic heterocycles. The van der Waals surface area contributed by atoms with Crippen LogP contribution >= 0.6 is 0 Å². The molecule has 1 saturated heterocycles. The van der Waals surface area contributed by atoms with Crippen molar-refractivity contribution in [3.8, 4) is 0 Å². The van der Waals surface area contributed by atoms with E-state index in [1.165, 1.54) is 12.1 Å². The molecule has 2 aromatic carbocycles. The summed E-state index contributed by atoms with van der Waals surface area (Å²) in [4.78, 5) is 25.7. The Morgan fingerprint density at radius 2 is 1.90 bits per heavy atom. The summed E-state index contributed by atoms with van der Waals surface area (Å²) in [5.41, 5.74) is 3.02. The molecule has 29 heavy (non-hydrogen) atoms. The van der Waals surface area contributed by atoms with Gasteiger partial charge in [-0.25, -0.2) is 0 Å². The van der Waals surface area contributed by atoms with Crippen molar-refractivity contribution in [1.82, 2.24) is 5.32 Å². The van der Waals surface area contributed by atoms with Crippen LogP contribution < -0.4 is 10.2 Å². The van der Waals surface area contributed by atoms with E-state index < -0.39 is 4.92 Å². The standard InChI is InChI=1S/C22H27N3O4/c1-16(2)29-15-18-7-5-6-17(12-18)14-23-22(26)20-13-19(25(27)28)8-9-21(20)24-10-3-4-11-24/h5-9,12-13,16H,3-4,10-11,14-15H2,1-2H3,(H,23,26). The van der Waals surface area contributed by atoms with Crippen molar-refractivity contribution in [1.29, 1.82) is 0 Å². The molecule has 7 nitrogen and oxygen atoms in total. The lowest BCUT2D eigenvalue weighted by Gasteiger charge is -2.21. The molecular weight excluding hydrogens is 370 g/mol. The van der Waals surface area contributed by atoms with Gasteiger partial charge in [0, 0.05) is 31.8 Å². The van der Waals surface area contributed by atoms with E-state index in [0.717, 1.165) is 42.7 Å². The summed E-state index contributed by atoms with van der Waals surface area (Å²) in [6.07, 6.45) is 2.27. The highest BCUT2D eigenvalue weighted by Gasteiger charge is 2.22. The summed E-state index contributed by atoms with van der Waals surface area (Å²) in [7, 11) is 0. The maximum atomic E-state index is 12.9. The first-order valence-electron chi connectivity index (χ1n) is 9.95. The number of rotatable bonds is 8. The van der Waals surface area contributed by atoms with Crippen LogP contribution in [0.25, 0.3) is 0 Å². The molecular formula is C22H27N3O4. The lowest BCUT2D eigenvalue weighted by Crippen LogP contribution is -2.27. The van der Waals surface area contributed by atoms with Crippen molar-refractivity contribution >= 4 is 17.3 Å². The summed E-state index contributed by atoms with van der Waals surface area (Å²) in [5, 5.41) is 14.1. The van der Waals surface area contributed by atoms with Gasteiger partial charge in [0.2, 0.25) is 0 Å². The zero-order valence-electron chi connectivity index (χ0n) is 16.9. The summed E-state index contributed by atoms with van der Waals surface area (Å²) >= 11 is 0. The van der Waals surface area contributed by atoms with Gasteiger partial charge >= 0.3 is 0 Å². The van der Waals surface area contributed by atoms with Gasteiger partial charge in [-0.05, 0) is 43.9 Å². The number of hydrogen-bond donors (Lipinski definition) is 1. The Labute approximate surface area is 170 Å². The molecule has 0 saturated carbocycles. The van der Waals surface area contributed by atoms with Crippen molar-refractivity contribution < 1.29 is 14.5 Å². The quantitative estimate of drug-likeness (QED) is 0.537. The molecule has 0 bridgehead atoms. The predicted octanol–water partition coefficient (Wildman–Crippen LogP) is 4.05. The number of carbonyl (C=O) groups excluding carboxylic acids is 1. The van der Waals surface area contributed by atoms with Gasteiger partial charge in [-0.15, -0.1) is 0 Å². The Morgan fingerprint density at radius 1 is 1.17 bits per heavy atom. The fourth-order valence-electron chi connectivity index (χ4n) is 3.42. The monoisotopic (exact) mass is 397 g/mol. The smallest absolute Gasteiger partial charge is 0.270 e. The highest BCUT2D eigenvalue weighted by molar-refractivity contribution is 6.00. The number of anilines is 1. The van der Waals surface area contributed by atoms with Crippen LogP contribution in [0, 0.1) is 10.1 Å². The van der Waals surface area contributed by atoms with Gasteiger partial charge in [0.25, 0.3) is 11.6 Å². The second kappa shape index (κ2) is 9.52. The van der Waals surface area contributed by atoms with E-state index in [0.29, 0.717) is 18.7 Å². The lowest BCUT2D eigenvalue weighted by atomic mass is 10.1. The molecule has 1 amide bonds. The second-order valence-corrected chi connectivity index (χ2v) is 7.52. The van der Waals surface area contributed by atoms with E-state index in [1.54, 1.807) is 6.07 Å². The topological polar surface area (TPSA) is 84.7 Å². The number of nitro groups is 1. The van der Waals surface area contributed by atoms with E-state index in [9.17, 15) is 14.9 Å². The first-order valence-corrected chi connectivity index (χ1v) is 9.95. The molecule has 7 heteroatoms. The van der Waals surface area contributed by atoms with Crippen LogP contribution in [0.4, 0.5) is 11.4 Å². The zero-order valence-corrected chi connectivity index (χ0v) is 16.9. The number of carbonyl (C=O) groups is 1. The molecule has 1 heterocycles. The molecule has 1 fully saturated rings. The molecule has 1 aliphatic rings. The SMILES string of the molecule is CC(C)OCc1cccc(CNC(=O)c2cc([N+](=O)[O-])ccc2N2CCCC2)c1. The Balaban J connectivity index is 1.74. The third kappa shape index (κ3) is 5.54. The van der Waals surface area contributed by atoms with Gasteiger partial charge in [-0.3, -0.25) is 14.9 Å². The molecule has 0 spiro atoms. The molecule has 2 aromatic rings. The maximum Gasteiger partial charge on any atom is 0.270 e. The normalized spacial score (nSPS) is 13.7. The van der Waals surface area contributed by atoms with Gasteiger partial charge in [0.05, 0.1) is 28.9 Å². The number of ether oxygens (including phenoxy) is 1. The minimum atomic E-state index is -0.470. The Kier molecular flexibility index (Phi) is 6.82. The van der Waals surface area contributed by atoms with Gasteiger partial charge < -0.3 is 15.0 Å². The molecule has 0 radical (unpaired) electrons. The summed E-state index contributed by atoms with van der Waals surface area (Å²) in [6, 6.07) is 12.4. The maximum absolute atomic E-state index is 12.9. The number of nitro benzene ring substituents is 1. The van der Waals surface area contributed by atoms with Crippen LogP contribution in [0.1, 0.15) is 48.2 Å². The van der Waals surface area contributed by atoms with E-state index in [-0.39, 0.29) is 17.7 Å². The molecule has 1 N–H and O–H groups in total. The fourth-order valence-corrected chi connectivity index (χ4v) is 3.42. The van der Waals surface area contributed by atoms with E-state index in [2.05, 4.69) is 10.2 Å². The van der Waals surface area contributed by atoms with E-state index in [4.69, 9.17) is 4.74 Å². The highest BCUT2D eigenvalue weighted by atomic mass is 16.6. The average molecular weight is 397 g/mol. The van der Waals surface area contributed by atoms with Crippen molar-refractivity contribution in [2.45, 2.75) is 45.9 Å². The van der Waals surface area contributed by atoms with E-state index in [1.807, 2.05) is 38.1 Å². The van der Waals surface area contributed by atoms with Crippen molar-refractivity contribution in [2.24, 2.45) is 0 Å². The Bertz CT molecular complexity index is 876. The molecule has 0 atom stereocenters. The number of hydrogen-bond acceptors (Lipinski definition) is 5. The fraction of sp³-hybridized carbons (Fsp3) is 0.409. The number of benzene rings is 2. The summed E-state index contributed by atoms with van der Waals surface area (Å²) in [6.45, 7) is 6.55. The van der Waals surface area contributed by atoms with Crippen molar-refractivity contribution in [2.75, 3.05) is 18.0 Å². The van der Waals surface area contributed by atoms with Crippen molar-refractivity contribution in [3.05, 3.63) is 69.3 Å². The minimum Gasteiger partial charge on any atom is -0.374 e. The Hall–Kier alpha value is -2.93. The van der Waals surface area contributed by atoms with Gasteiger partial charge in [0.15, 0.2) is 0 Å². The van der Waals surface area contributed by atoms with Crippen LogP contribution in [0.2, 0.25) is 0 Å². The highest BCUT2D eigenvalue weighted by Crippen LogP contribution is 2.28.